The first-order valence-electron chi connectivity index (χ1n) is 13.3. The van der Waals surface area contributed by atoms with Crippen LogP contribution in [0.4, 0.5) is 5.69 Å². The third-order valence-corrected chi connectivity index (χ3v) is 8.80. The zero-order valence-electron chi connectivity index (χ0n) is 22.2. The molecule has 1 N–H and O–H groups in total. The van der Waals surface area contributed by atoms with Crippen molar-refractivity contribution in [2.45, 2.75) is 70.3 Å². The molecule has 2 aliphatic heterocycles. The highest BCUT2D eigenvalue weighted by Crippen LogP contribution is 2.45. The average molecular weight is 544 g/mol. The number of carbonyl (C=O) groups excluding carboxylic acids is 2. The van der Waals surface area contributed by atoms with E-state index in [0.29, 0.717) is 29.2 Å². The number of carbonyl (C=O) groups is 2. The average Bonchev–Trinajstić information content (AvgIpc) is 3.57. The van der Waals surface area contributed by atoms with Gasteiger partial charge < -0.3 is 14.9 Å². The minimum absolute atomic E-state index is 0.0193. The zero-order chi connectivity index (χ0) is 27.6. The number of halogens is 1. The van der Waals surface area contributed by atoms with Gasteiger partial charge in [0.2, 0.25) is 5.69 Å². The molecule has 6 rings (SSSR count). The lowest BCUT2D eigenvalue weighted by Crippen LogP contribution is -2.45. The standard InChI is InChI=1S/C30H30ClN5O3/c1-17-13-25-23(16-34(17)28(37)21-7-10-24(31)26(14-21)32-4)27-29(38)35(15-18(2)36(27)33-25)19(3)20-5-8-22(9-6-20)30(39)11-12-30/h5-10,14,17-19,39H,11-13,15-16H2,1-3H3/t17-,18-,19+/m1/s1. The summed E-state index contributed by atoms with van der Waals surface area (Å²) in [6.45, 7) is 14.2. The van der Waals surface area contributed by atoms with E-state index in [-0.39, 0.29) is 42.2 Å². The van der Waals surface area contributed by atoms with E-state index in [1.165, 1.54) is 6.07 Å². The highest BCUT2D eigenvalue weighted by molar-refractivity contribution is 6.33. The number of amides is 2. The van der Waals surface area contributed by atoms with Crippen LogP contribution in [0.5, 0.6) is 0 Å². The maximum atomic E-state index is 14.0. The molecule has 200 valence electrons. The number of fused-ring (bicyclic) bond motifs is 3. The predicted octanol–water partition coefficient (Wildman–Crippen LogP) is 5.43. The van der Waals surface area contributed by atoms with Gasteiger partial charge in [-0.3, -0.25) is 14.3 Å². The Balaban J connectivity index is 1.29. The summed E-state index contributed by atoms with van der Waals surface area (Å²) < 4.78 is 1.84. The summed E-state index contributed by atoms with van der Waals surface area (Å²) in [5.74, 6) is -0.295. The maximum absolute atomic E-state index is 14.0. The molecule has 3 aromatic rings. The molecule has 3 aliphatic rings. The molecule has 39 heavy (non-hydrogen) atoms. The van der Waals surface area contributed by atoms with E-state index in [1.807, 2.05) is 47.7 Å². The van der Waals surface area contributed by atoms with Crippen molar-refractivity contribution in [1.29, 1.82) is 0 Å². The zero-order valence-corrected chi connectivity index (χ0v) is 22.9. The summed E-state index contributed by atoms with van der Waals surface area (Å²) in [7, 11) is 0. The van der Waals surface area contributed by atoms with Gasteiger partial charge in [-0.25, -0.2) is 4.85 Å². The van der Waals surface area contributed by atoms with Crippen molar-refractivity contribution in [2.24, 2.45) is 0 Å². The van der Waals surface area contributed by atoms with E-state index in [2.05, 4.69) is 11.8 Å². The smallest absolute Gasteiger partial charge is 0.273 e. The Hall–Kier alpha value is -3.67. The van der Waals surface area contributed by atoms with E-state index in [0.717, 1.165) is 35.2 Å². The lowest BCUT2D eigenvalue weighted by Gasteiger charge is -2.37. The topological polar surface area (TPSA) is 83.0 Å². The number of hydrogen-bond donors (Lipinski definition) is 1. The summed E-state index contributed by atoms with van der Waals surface area (Å²) in [5.41, 5.74) is 4.08. The van der Waals surface area contributed by atoms with Crippen LogP contribution < -0.4 is 0 Å². The fourth-order valence-electron chi connectivity index (χ4n) is 5.85. The van der Waals surface area contributed by atoms with Crippen LogP contribution in [0.3, 0.4) is 0 Å². The Bertz CT molecular complexity index is 1540. The second kappa shape index (κ2) is 9.22. The first kappa shape index (κ1) is 25.6. The summed E-state index contributed by atoms with van der Waals surface area (Å²) >= 11 is 6.09. The van der Waals surface area contributed by atoms with Crippen LogP contribution in [0, 0.1) is 6.57 Å². The Morgan fingerprint density at radius 2 is 1.90 bits per heavy atom. The fourth-order valence-corrected chi connectivity index (χ4v) is 6.01. The molecule has 0 unspecified atom stereocenters. The Morgan fingerprint density at radius 3 is 2.56 bits per heavy atom. The molecule has 3 atom stereocenters. The van der Waals surface area contributed by atoms with Crippen LogP contribution >= 0.6 is 11.6 Å². The Kier molecular flexibility index (Phi) is 6.05. The van der Waals surface area contributed by atoms with E-state index in [1.54, 1.807) is 17.0 Å². The minimum atomic E-state index is -0.688. The first-order valence-corrected chi connectivity index (χ1v) is 13.7. The second-order valence-electron chi connectivity index (χ2n) is 11.1. The summed E-state index contributed by atoms with van der Waals surface area (Å²) in [4.78, 5) is 34.6. The molecule has 1 fully saturated rings. The van der Waals surface area contributed by atoms with Crippen molar-refractivity contribution in [3.63, 3.8) is 0 Å². The molecular formula is C30H30ClN5O3. The molecule has 2 aromatic carbocycles. The lowest BCUT2D eigenvalue weighted by molar-refractivity contribution is 0.0574. The molecule has 1 aromatic heterocycles. The fraction of sp³-hybridized carbons (Fsp3) is 0.400. The monoisotopic (exact) mass is 543 g/mol. The van der Waals surface area contributed by atoms with E-state index < -0.39 is 5.60 Å². The quantitative estimate of drug-likeness (QED) is 0.445. The predicted molar refractivity (Wildman–Crippen MR) is 147 cm³/mol. The Labute approximate surface area is 232 Å². The number of aliphatic hydroxyl groups is 1. The van der Waals surface area contributed by atoms with Crippen molar-refractivity contribution >= 4 is 29.1 Å². The van der Waals surface area contributed by atoms with Gasteiger partial charge in [-0.15, -0.1) is 0 Å². The van der Waals surface area contributed by atoms with Crippen LogP contribution in [-0.4, -0.2) is 49.1 Å². The van der Waals surface area contributed by atoms with E-state index in [9.17, 15) is 14.7 Å². The molecule has 0 saturated heterocycles. The molecule has 0 radical (unpaired) electrons. The lowest BCUT2D eigenvalue weighted by atomic mass is 9.96. The maximum Gasteiger partial charge on any atom is 0.273 e. The van der Waals surface area contributed by atoms with Crippen LogP contribution in [0.25, 0.3) is 4.85 Å². The molecule has 9 heteroatoms. The second-order valence-corrected chi connectivity index (χ2v) is 11.5. The number of rotatable bonds is 4. The highest BCUT2D eigenvalue weighted by Gasteiger charge is 2.43. The summed E-state index contributed by atoms with van der Waals surface area (Å²) in [6.07, 6.45) is 2.12. The largest absolute Gasteiger partial charge is 0.385 e. The van der Waals surface area contributed by atoms with E-state index >= 15 is 0 Å². The highest BCUT2D eigenvalue weighted by atomic mass is 35.5. The van der Waals surface area contributed by atoms with Gasteiger partial charge in [0.1, 0.15) is 5.69 Å². The van der Waals surface area contributed by atoms with Gasteiger partial charge in [0.25, 0.3) is 11.8 Å². The van der Waals surface area contributed by atoms with Crippen molar-refractivity contribution < 1.29 is 14.7 Å². The number of hydrogen-bond acceptors (Lipinski definition) is 4. The third-order valence-electron chi connectivity index (χ3n) is 8.48. The molecule has 3 heterocycles. The summed E-state index contributed by atoms with van der Waals surface area (Å²) in [6, 6.07) is 12.4. The van der Waals surface area contributed by atoms with Gasteiger partial charge in [-0.2, -0.15) is 5.10 Å². The Morgan fingerprint density at radius 1 is 1.18 bits per heavy atom. The van der Waals surface area contributed by atoms with Gasteiger partial charge in [0, 0.05) is 35.2 Å². The van der Waals surface area contributed by atoms with E-state index in [4.69, 9.17) is 23.3 Å². The van der Waals surface area contributed by atoms with Crippen LogP contribution in [0.1, 0.15) is 88.9 Å². The molecule has 0 bridgehead atoms. The van der Waals surface area contributed by atoms with Crippen LogP contribution in [0.15, 0.2) is 42.5 Å². The molecular weight excluding hydrogens is 514 g/mol. The van der Waals surface area contributed by atoms with Crippen molar-refractivity contribution in [3.05, 3.63) is 92.5 Å². The van der Waals surface area contributed by atoms with Crippen LogP contribution in [0.2, 0.25) is 5.02 Å². The van der Waals surface area contributed by atoms with Crippen molar-refractivity contribution in [2.75, 3.05) is 6.54 Å². The molecule has 8 nitrogen and oxygen atoms in total. The molecule has 2 amide bonds. The van der Waals surface area contributed by atoms with Gasteiger partial charge >= 0.3 is 0 Å². The summed E-state index contributed by atoms with van der Waals surface area (Å²) in [5, 5.41) is 15.6. The number of nitrogens with zero attached hydrogens (tertiary/aromatic N) is 5. The minimum Gasteiger partial charge on any atom is -0.385 e. The molecule has 0 spiro atoms. The van der Waals surface area contributed by atoms with Gasteiger partial charge in [-0.05, 0) is 50.8 Å². The molecule has 1 saturated carbocycles. The van der Waals surface area contributed by atoms with Crippen LogP contribution in [-0.2, 0) is 18.6 Å². The van der Waals surface area contributed by atoms with Crippen molar-refractivity contribution in [3.8, 4) is 0 Å². The van der Waals surface area contributed by atoms with Gasteiger partial charge in [0.05, 0.1) is 36.5 Å². The van der Waals surface area contributed by atoms with Crippen molar-refractivity contribution in [1.82, 2.24) is 19.6 Å². The molecule has 1 aliphatic carbocycles. The van der Waals surface area contributed by atoms with Gasteiger partial charge in [0.15, 0.2) is 0 Å². The van der Waals surface area contributed by atoms with Gasteiger partial charge in [-0.1, -0.05) is 48.0 Å². The number of aromatic nitrogens is 2. The normalized spacial score (nSPS) is 22.1. The SMILES string of the molecule is [C-]#[N+]c1cc(C(=O)N2Cc3c(nn4c3C(=O)N([C@@H](C)c3ccc(C5(O)CC5)cc3)C[C@H]4C)C[C@H]2C)ccc1Cl. The first-order chi connectivity index (χ1) is 18.6. The third kappa shape index (κ3) is 4.21. The number of benzene rings is 2.